The van der Waals surface area contributed by atoms with Crippen LogP contribution in [0.3, 0.4) is 0 Å². The van der Waals surface area contributed by atoms with Crippen molar-refractivity contribution >= 4 is 17.5 Å². The first kappa shape index (κ1) is 12.8. The molecule has 104 valence electrons. The maximum absolute atomic E-state index is 12.3. The molecular formula is C15H15NO4. The van der Waals surface area contributed by atoms with E-state index in [2.05, 4.69) is 4.99 Å². The van der Waals surface area contributed by atoms with Gasteiger partial charge in [0.1, 0.15) is 11.5 Å². The predicted molar refractivity (Wildman–Crippen MR) is 71.6 cm³/mol. The van der Waals surface area contributed by atoms with Gasteiger partial charge in [-0.25, -0.2) is 4.79 Å². The first-order chi connectivity index (χ1) is 9.59. The van der Waals surface area contributed by atoms with Crippen molar-refractivity contribution in [3.05, 3.63) is 35.4 Å². The molecule has 1 aromatic rings. The number of carbonyl (C=O) groups excluding carboxylic acids is 1. The Kier molecular flexibility index (Phi) is 3.04. The quantitative estimate of drug-likeness (QED) is 0.898. The predicted octanol–water partition coefficient (Wildman–Crippen LogP) is 2.55. The zero-order valence-corrected chi connectivity index (χ0v) is 11.1. The molecule has 2 heterocycles. The van der Waals surface area contributed by atoms with Crippen molar-refractivity contribution < 1.29 is 19.1 Å². The van der Waals surface area contributed by atoms with Crippen molar-refractivity contribution in [3.8, 4) is 0 Å². The molecule has 2 aliphatic rings. The smallest absolute Gasteiger partial charge is 0.334 e. The van der Waals surface area contributed by atoms with Crippen LogP contribution >= 0.6 is 0 Å². The summed E-state index contributed by atoms with van der Waals surface area (Å²) in [6.07, 6.45) is 3.52. The molecule has 1 aromatic heterocycles. The molecule has 0 radical (unpaired) electrons. The second-order valence-electron chi connectivity index (χ2n) is 5.20. The number of carbonyl (C=O) groups is 2. The van der Waals surface area contributed by atoms with E-state index >= 15 is 0 Å². The van der Waals surface area contributed by atoms with Gasteiger partial charge in [-0.3, -0.25) is 9.79 Å². The summed E-state index contributed by atoms with van der Waals surface area (Å²) in [5.41, 5.74) is 1.44. The molecule has 1 saturated carbocycles. The number of carboxylic acids is 1. The lowest BCUT2D eigenvalue weighted by Crippen LogP contribution is -2.38. The van der Waals surface area contributed by atoms with Crippen LogP contribution in [0.5, 0.6) is 0 Å². The summed E-state index contributed by atoms with van der Waals surface area (Å²) in [4.78, 5) is 28.2. The average molecular weight is 273 g/mol. The third-order valence-electron chi connectivity index (χ3n) is 3.99. The fourth-order valence-corrected chi connectivity index (χ4v) is 3.17. The fraction of sp³-hybridized carbons (Fsp3) is 0.400. The highest BCUT2D eigenvalue weighted by atomic mass is 16.4. The monoisotopic (exact) mass is 273 g/mol. The molecule has 1 N–H and O–H groups in total. The van der Waals surface area contributed by atoms with Gasteiger partial charge in [-0.05, 0) is 31.9 Å². The molecule has 1 aliphatic heterocycles. The first-order valence-electron chi connectivity index (χ1n) is 6.67. The van der Waals surface area contributed by atoms with Gasteiger partial charge in [0.25, 0.3) is 0 Å². The summed E-state index contributed by atoms with van der Waals surface area (Å²) in [5.74, 6) is -1.49. The SMILES string of the molecule is CC1=C(C(=O)O)C(c2ccco2)C2C(=O)CCCC2=N1. The Labute approximate surface area is 116 Å². The van der Waals surface area contributed by atoms with E-state index in [1.807, 2.05) is 0 Å². The molecule has 2 unspecified atom stereocenters. The maximum Gasteiger partial charge on any atom is 0.334 e. The Hall–Kier alpha value is -2.17. The average Bonchev–Trinajstić information content (AvgIpc) is 2.90. The fourth-order valence-electron chi connectivity index (χ4n) is 3.17. The Balaban J connectivity index is 2.17. The van der Waals surface area contributed by atoms with Crippen molar-refractivity contribution in [1.82, 2.24) is 0 Å². The van der Waals surface area contributed by atoms with Crippen LogP contribution in [0.2, 0.25) is 0 Å². The number of carboxylic acid groups (broad SMARTS) is 1. The Morgan fingerprint density at radius 3 is 2.85 bits per heavy atom. The van der Waals surface area contributed by atoms with Gasteiger partial charge in [0.2, 0.25) is 0 Å². The van der Waals surface area contributed by atoms with Crippen LogP contribution in [0.4, 0.5) is 0 Å². The number of nitrogens with zero attached hydrogens (tertiary/aromatic N) is 1. The van der Waals surface area contributed by atoms with E-state index in [4.69, 9.17) is 4.42 Å². The molecule has 0 amide bonds. The van der Waals surface area contributed by atoms with Crippen molar-refractivity contribution in [2.45, 2.75) is 32.1 Å². The zero-order chi connectivity index (χ0) is 14.3. The topological polar surface area (TPSA) is 79.9 Å². The summed E-state index contributed by atoms with van der Waals surface area (Å²) in [5, 5.41) is 9.47. The molecule has 0 bridgehead atoms. The molecule has 0 saturated heterocycles. The molecule has 5 nitrogen and oxygen atoms in total. The van der Waals surface area contributed by atoms with Gasteiger partial charge in [-0.15, -0.1) is 0 Å². The minimum atomic E-state index is -1.04. The number of fused-ring (bicyclic) bond motifs is 1. The van der Waals surface area contributed by atoms with E-state index in [0.29, 0.717) is 17.9 Å². The van der Waals surface area contributed by atoms with Crippen LogP contribution in [0, 0.1) is 5.92 Å². The number of hydrogen-bond donors (Lipinski definition) is 1. The van der Waals surface area contributed by atoms with Gasteiger partial charge in [0.05, 0.1) is 23.7 Å². The van der Waals surface area contributed by atoms with Gasteiger partial charge in [0, 0.05) is 17.8 Å². The van der Waals surface area contributed by atoms with Crippen molar-refractivity contribution in [1.29, 1.82) is 0 Å². The normalized spacial score (nSPS) is 26.2. The van der Waals surface area contributed by atoms with Crippen LogP contribution in [0.15, 0.2) is 39.1 Å². The molecular weight excluding hydrogens is 258 g/mol. The zero-order valence-electron chi connectivity index (χ0n) is 11.1. The number of hydrogen-bond acceptors (Lipinski definition) is 4. The second-order valence-corrected chi connectivity index (χ2v) is 5.20. The molecule has 20 heavy (non-hydrogen) atoms. The molecule has 1 fully saturated rings. The van der Waals surface area contributed by atoms with E-state index < -0.39 is 17.8 Å². The standard InChI is InChI=1S/C15H15NO4/c1-8-12(15(18)19)14(11-6-3-7-20-11)13-9(16-8)4-2-5-10(13)17/h3,6-7,13-14H,2,4-5H2,1H3,(H,18,19). The van der Waals surface area contributed by atoms with E-state index in [1.54, 1.807) is 19.1 Å². The van der Waals surface area contributed by atoms with Crippen LogP contribution < -0.4 is 0 Å². The summed E-state index contributed by atoms with van der Waals surface area (Å²) in [6.45, 7) is 1.68. The largest absolute Gasteiger partial charge is 0.478 e. The number of aliphatic imine (C=N–C) groups is 1. The molecule has 3 rings (SSSR count). The highest BCUT2D eigenvalue weighted by Gasteiger charge is 2.44. The maximum atomic E-state index is 12.3. The lowest BCUT2D eigenvalue weighted by atomic mass is 9.71. The number of allylic oxidation sites excluding steroid dienone is 1. The number of aliphatic carboxylic acids is 1. The van der Waals surface area contributed by atoms with Crippen LogP contribution in [-0.4, -0.2) is 22.6 Å². The Morgan fingerprint density at radius 1 is 1.40 bits per heavy atom. The molecule has 1 aliphatic carbocycles. The molecule has 0 spiro atoms. The van der Waals surface area contributed by atoms with Crippen LogP contribution in [-0.2, 0) is 9.59 Å². The summed E-state index contributed by atoms with van der Waals surface area (Å²) < 4.78 is 5.39. The van der Waals surface area contributed by atoms with Crippen molar-refractivity contribution in [2.75, 3.05) is 0 Å². The first-order valence-corrected chi connectivity index (χ1v) is 6.67. The van der Waals surface area contributed by atoms with Gasteiger partial charge in [0.15, 0.2) is 0 Å². The van der Waals surface area contributed by atoms with Gasteiger partial charge in [-0.2, -0.15) is 0 Å². The lowest BCUT2D eigenvalue weighted by Gasteiger charge is -2.33. The summed E-state index contributed by atoms with van der Waals surface area (Å²) >= 11 is 0. The third kappa shape index (κ3) is 1.90. The summed E-state index contributed by atoms with van der Waals surface area (Å²) in [7, 11) is 0. The van der Waals surface area contributed by atoms with E-state index in [1.165, 1.54) is 6.26 Å². The van der Waals surface area contributed by atoms with Crippen LogP contribution in [0.25, 0.3) is 0 Å². The second kappa shape index (κ2) is 4.74. The van der Waals surface area contributed by atoms with Crippen molar-refractivity contribution in [3.63, 3.8) is 0 Å². The number of Topliss-reactive ketones (excluding diaryl/α,β-unsaturated/α-hetero) is 1. The highest BCUT2D eigenvalue weighted by Crippen LogP contribution is 2.42. The minimum Gasteiger partial charge on any atom is -0.478 e. The number of furan rings is 1. The Bertz CT molecular complexity index is 624. The highest BCUT2D eigenvalue weighted by molar-refractivity contribution is 6.11. The number of rotatable bonds is 2. The Morgan fingerprint density at radius 2 is 2.20 bits per heavy atom. The molecule has 2 atom stereocenters. The van der Waals surface area contributed by atoms with Gasteiger partial charge in [-0.1, -0.05) is 0 Å². The molecule has 0 aromatic carbocycles. The third-order valence-corrected chi connectivity index (χ3v) is 3.99. The van der Waals surface area contributed by atoms with E-state index in [-0.39, 0.29) is 11.4 Å². The van der Waals surface area contributed by atoms with Gasteiger partial charge < -0.3 is 9.52 Å². The van der Waals surface area contributed by atoms with E-state index in [0.717, 1.165) is 18.6 Å². The van der Waals surface area contributed by atoms with Crippen LogP contribution in [0.1, 0.15) is 37.9 Å². The molecule has 5 heteroatoms. The minimum absolute atomic E-state index is 0.0580. The number of ketones is 1. The summed E-state index contributed by atoms with van der Waals surface area (Å²) in [6, 6.07) is 3.44. The van der Waals surface area contributed by atoms with Gasteiger partial charge >= 0.3 is 5.97 Å². The van der Waals surface area contributed by atoms with E-state index in [9.17, 15) is 14.7 Å². The van der Waals surface area contributed by atoms with Crippen molar-refractivity contribution in [2.24, 2.45) is 10.9 Å². The lowest BCUT2D eigenvalue weighted by molar-refractivity contribution is -0.133.